The molecule has 0 aromatic heterocycles. The highest BCUT2D eigenvalue weighted by Crippen LogP contribution is 2.31. The lowest BCUT2D eigenvalue weighted by molar-refractivity contribution is -0.137. The molecule has 29 heavy (non-hydrogen) atoms. The third kappa shape index (κ3) is 5.60. The zero-order chi connectivity index (χ0) is 21.0. The molecule has 0 spiro atoms. The lowest BCUT2D eigenvalue weighted by Crippen LogP contribution is -2.26. The van der Waals surface area contributed by atoms with Crippen molar-refractivity contribution in [1.29, 1.82) is 0 Å². The summed E-state index contributed by atoms with van der Waals surface area (Å²) in [5.41, 5.74) is 0.818. The molecule has 1 fully saturated rings. The number of carboxylic acids is 1. The number of rotatable bonds is 6. The number of nitrogens with one attached hydrogen (secondary N) is 1. The van der Waals surface area contributed by atoms with Crippen molar-refractivity contribution < 1.29 is 27.9 Å². The predicted octanol–water partition coefficient (Wildman–Crippen LogP) is 3.78. The summed E-state index contributed by atoms with van der Waals surface area (Å²) in [6.45, 7) is 0.394. The van der Waals surface area contributed by atoms with E-state index in [2.05, 4.69) is 10.3 Å². The van der Waals surface area contributed by atoms with Crippen LogP contribution in [0.5, 0.6) is 0 Å². The topological polar surface area (TPSA) is 78.8 Å². The molecule has 1 atom stereocenters. The molecule has 9 heteroatoms. The van der Waals surface area contributed by atoms with Gasteiger partial charge in [0.25, 0.3) is 0 Å². The molecule has 152 valence electrons. The van der Waals surface area contributed by atoms with Crippen LogP contribution < -0.4 is 5.32 Å². The average molecular weight is 422 g/mol. The molecule has 1 amide bonds. The average Bonchev–Trinajstić information content (AvgIpc) is 3.01. The number of carbonyl (C=O) groups is 2. The minimum atomic E-state index is -4.42. The minimum absolute atomic E-state index is 0.177. The second-order valence-electron chi connectivity index (χ2n) is 6.44. The van der Waals surface area contributed by atoms with Gasteiger partial charge in [-0.1, -0.05) is 42.1 Å². The quantitative estimate of drug-likeness (QED) is 0.743. The second-order valence-corrected chi connectivity index (χ2v) is 7.63. The van der Waals surface area contributed by atoms with Crippen molar-refractivity contribution >= 4 is 28.8 Å². The van der Waals surface area contributed by atoms with E-state index in [1.807, 2.05) is 0 Å². The van der Waals surface area contributed by atoms with Crippen LogP contribution in [-0.2, 0) is 23.8 Å². The highest BCUT2D eigenvalue weighted by atomic mass is 32.2. The Kier molecular flexibility index (Phi) is 6.26. The fourth-order valence-corrected chi connectivity index (χ4v) is 3.84. The zero-order valence-corrected chi connectivity index (χ0v) is 15.9. The van der Waals surface area contributed by atoms with Gasteiger partial charge in [-0.25, -0.2) is 4.79 Å². The van der Waals surface area contributed by atoms with Gasteiger partial charge in [-0.05, 0) is 42.2 Å². The number of amidine groups is 1. The van der Waals surface area contributed by atoms with E-state index in [1.165, 1.54) is 30.0 Å². The van der Waals surface area contributed by atoms with Crippen LogP contribution >= 0.6 is 11.8 Å². The molecular weight excluding hydrogens is 405 g/mol. The van der Waals surface area contributed by atoms with Crippen LogP contribution in [0.25, 0.3) is 0 Å². The number of nitrogens with zero attached hydrogens (tertiary/aromatic N) is 1. The molecule has 5 nitrogen and oxygen atoms in total. The van der Waals surface area contributed by atoms with Gasteiger partial charge in [0, 0.05) is 6.54 Å². The Morgan fingerprint density at radius 3 is 2.52 bits per heavy atom. The normalized spacial score (nSPS) is 18.1. The van der Waals surface area contributed by atoms with Crippen molar-refractivity contribution in [3.63, 3.8) is 0 Å². The first kappa shape index (κ1) is 20.9. The third-order valence-corrected chi connectivity index (χ3v) is 5.43. The molecule has 0 bridgehead atoms. The van der Waals surface area contributed by atoms with Crippen molar-refractivity contribution in [2.24, 2.45) is 4.99 Å². The van der Waals surface area contributed by atoms with E-state index in [-0.39, 0.29) is 17.9 Å². The monoisotopic (exact) mass is 422 g/mol. The maximum atomic E-state index is 12.8. The third-order valence-electron chi connectivity index (χ3n) is 4.31. The molecular formula is C20H17F3N2O3S. The second kappa shape index (κ2) is 8.69. The van der Waals surface area contributed by atoms with Crippen LogP contribution in [0.4, 0.5) is 13.2 Å². The van der Waals surface area contributed by atoms with Gasteiger partial charge in [0.2, 0.25) is 5.91 Å². The molecule has 1 aliphatic rings. The Balaban J connectivity index is 1.56. The molecule has 2 aromatic rings. The first-order valence-corrected chi connectivity index (χ1v) is 9.60. The van der Waals surface area contributed by atoms with Crippen molar-refractivity contribution in [1.82, 2.24) is 5.32 Å². The van der Waals surface area contributed by atoms with Crippen molar-refractivity contribution in [2.45, 2.75) is 24.3 Å². The standard InChI is InChI=1S/C20H17F3N2O3S/c21-20(22,23)15-3-1-2-13(10-15)11-16-17(26)25-19(29-16)24-9-8-12-4-6-14(7-5-12)18(27)28/h1-7,10,16H,8-9,11H2,(H,27,28)(H,24,25,26). The molecule has 2 N–H and O–H groups in total. The van der Waals surface area contributed by atoms with Crippen LogP contribution in [0.15, 0.2) is 53.5 Å². The van der Waals surface area contributed by atoms with Gasteiger partial charge in [-0.2, -0.15) is 13.2 Å². The van der Waals surface area contributed by atoms with Gasteiger partial charge in [0.1, 0.15) is 0 Å². The summed E-state index contributed by atoms with van der Waals surface area (Å²) in [5.74, 6) is -1.27. The molecule has 2 aromatic carbocycles. The van der Waals surface area contributed by atoms with Crippen LogP contribution in [0.1, 0.15) is 27.0 Å². The maximum Gasteiger partial charge on any atom is 0.416 e. The lowest BCUT2D eigenvalue weighted by atomic mass is 10.1. The summed E-state index contributed by atoms with van der Waals surface area (Å²) in [7, 11) is 0. The van der Waals surface area contributed by atoms with Gasteiger partial charge in [-0.3, -0.25) is 9.79 Å². The number of amides is 1. The number of thioether (sulfide) groups is 1. The Morgan fingerprint density at radius 1 is 1.14 bits per heavy atom. The van der Waals surface area contributed by atoms with Crippen LogP contribution in [0, 0.1) is 0 Å². The van der Waals surface area contributed by atoms with E-state index in [1.54, 1.807) is 18.2 Å². The maximum absolute atomic E-state index is 12.8. The van der Waals surface area contributed by atoms with E-state index < -0.39 is 23.0 Å². The molecule has 0 aliphatic carbocycles. The largest absolute Gasteiger partial charge is 0.478 e. The smallest absolute Gasteiger partial charge is 0.416 e. The molecule has 1 saturated heterocycles. The van der Waals surface area contributed by atoms with Gasteiger partial charge >= 0.3 is 12.1 Å². The number of hydrogen-bond donors (Lipinski definition) is 2. The van der Waals surface area contributed by atoms with E-state index in [0.717, 1.165) is 17.7 Å². The van der Waals surface area contributed by atoms with Gasteiger partial charge in [-0.15, -0.1) is 0 Å². The SMILES string of the molecule is O=C(O)c1ccc(CCN=C2NC(=O)C(Cc3cccc(C(F)(F)F)c3)S2)cc1. The van der Waals surface area contributed by atoms with Crippen LogP contribution in [-0.4, -0.2) is 33.9 Å². The minimum Gasteiger partial charge on any atom is -0.478 e. The number of halogens is 3. The number of alkyl halides is 3. The van der Waals surface area contributed by atoms with Gasteiger partial charge in [0.15, 0.2) is 5.17 Å². The Hall–Kier alpha value is -2.81. The number of aliphatic imine (C=N–C) groups is 1. The molecule has 1 aliphatic heterocycles. The zero-order valence-electron chi connectivity index (χ0n) is 15.1. The number of carbonyl (C=O) groups excluding carboxylic acids is 1. The van der Waals surface area contributed by atoms with Gasteiger partial charge in [0.05, 0.1) is 16.4 Å². The summed E-state index contributed by atoms with van der Waals surface area (Å²) in [4.78, 5) is 27.3. The van der Waals surface area contributed by atoms with Crippen molar-refractivity contribution in [3.8, 4) is 0 Å². The number of carboxylic acid groups (broad SMARTS) is 1. The Labute approximate surface area is 169 Å². The van der Waals surface area contributed by atoms with E-state index in [9.17, 15) is 22.8 Å². The van der Waals surface area contributed by atoms with E-state index in [4.69, 9.17) is 5.11 Å². The molecule has 0 saturated carbocycles. The first-order valence-electron chi connectivity index (χ1n) is 8.73. The van der Waals surface area contributed by atoms with E-state index >= 15 is 0 Å². The molecule has 0 radical (unpaired) electrons. The van der Waals surface area contributed by atoms with Gasteiger partial charge < -0.3 is 10.4 Å². The predicted molar refractivity (Wildman–Crippen MR) is 104 cm³/mol. The van der Waals surface area contributed by atoms with E-state index in [0.29, 0.717) is 23.7 Å². The summed E-state index contributed by atoms with van der Waals surface area (Å²) in [6, 6.07) is 11.4. The van der Waals surface area contributed by atoms with Crippen LogP contribution in [0.2, 0.25) is 0 Å². The fraction of sp³-hybridized carbons (Fsp3) is 0.250. The fourth-order valence-electron chi connectivity index (χ4n) is 2.80. The highest BCUT2D eigenvalue weighted by Gasteiger charge is 2.33. The molecule has 1 unspecified atom stereocenters. The van der Waals surface area contributed by atoms with Crippen molar-refractivity contribution in [3.05, 3.63) is 70.8 Å². The summed E-state index contributed by atoms with van der Waals surface area (Å²) >= 11 is 1.20. The van der Waals surface area contributed by atoms with Crippen LogP contribution in [0.3, 0.4) is 0 Å². The molecule has 3 rings (SSSR count). The highest BCUT2D eigenvalue weighted by molar-refractivity contribution is 8.15. The number of hydrogen-bond acceptors (Lipinski definition) is 4. The number of aromatic carboxylic acids is 1. The lowest BCUT2D eigenvalue weighted by Gasteiger charge is -2.10. The van der Waals surface area contributed by atoms with Crippen molar-refractivity contribution in [2.75, 3.05) is 6.54 Å². The Bertz CT molecular complexity index is 943. The summed E-state index contributed by atoms with van der Waals surface area (Å²) < 4.78 is 38.5. The number of benzene rings is 2. The Morgan fingerprint density at radius 2 is 1.86 bits per heavy atom. The molecule has 1 heterocycles. The first-order chi connectivity index (χ1) is 13.7. The summed E-state index contributed by atoms with van der Waals surface area (Å²) in [5, 5.41) is 11.4. The summed E-state index contributed by atoms with van der Waals surface area (Å²) in [6.07, 6.45) is -3.68.